The van der Waals surface area contributed by atoms with Gasteiger partial charge in [-0.25, -0.2) is 9.78 Å². The van der Waals surface area contributed by atoms with Crippen LogP contribution in [-0.2, 0) is 9.59 Å². The molecule has 0 unspecified atom stereocenters. The van der Waals surface area contributed by atoms with E-state index in [-0.39, 0.29) is 62.5 Å². The Hall–Kier alpha value is -3.52. The fraction of sp³-hybridized carbons (Fsp3) is 0.652. The molecule has 14 nitrogen and oxygen atoms in total. The molecular formula is C23H33N9O5. The second-order valence-electron chi connectivity index (χ2n) is 10.6. The molecule has 0 bridgehead atoms. The first kappa shape index (κ1) is 25.1. The number of aliphatic hydroxyl groups is 2. The zero-order valence-electron chi connectivity index (χ0n) is 20.8. The minimum atomic E-state index is -1.41. The Morgan fingerprint density at radius 1 is 1.22 bits per heavy atom. The predicted molar refractivity (Wildman–Crippen MR) is 132 cm³/mol. The number of nitrogens with one attached hydrogen (secondary N) is 1. The van der Waals surface area contributed by atoms with Crippen molar-refractivity contribution < 1.29 is 24.6 Å². The molecule has 3 aliphatic rings. The molecule has 2 aromatic rings. The van der Waals surface area contributed by atoms with E-state index in [4.69, 9.17) is 11.5 Å². The van der Waals surface area contributed by atoms with E-state index in [1.54, 1.807) is 11.5 Å². The number of carbonyl (C=O) groups excluding carboxylic acids is 3. The van der Waals surface area contributed by atoms with Crippen LogP contribution >= 0.6 is 0 Å². The third-order valence-electron chi connectivity index (χ3n) is 7.82. The standard InChI is InChI=1S/C23H33N9O5/c1-22(37)9-13(33)10-30(11-14(22)32-12-26-16-17(24)27-20(25)28-18(16)32)15(34)5-4-8-31-19(35)23(29-21(31)36)6-2-3-7-23/h12-14,33,37H,2-11H2,1H3,(H,29,36)(H4,24,25,27,28)/t13-,14+,22+/m0/s1. The molecule has 37 heavy (non-hydrogen) atoms. The lowest BCUT2D eigenvalue weighted by molar-refractivity contribution is -0.134. The van der Waals surface area contributed by atoms with Crippen molar-refractivity contribution >= 4 is 40.8 Å². The van der Waals surface area contributed by atoms with E-state index in [2.05, 4.69) is 20.3 Å². The zero-order chi connectivity index (χ0) is 26.5. The van der Waals surface area contributed by atoms with Gasteiger partial charge in [0.2, 0.25) is 11.9 Å². The van der Waals surface area contributed by atoms with Gasteiger partial charge in [-0.2, -0.15) is 9.97 Å². The number of imidazole rings is 1. The SMILES string of the molecule is C[C@@]1(O)C[C@H](O)CN(C(=O)CCCN2C(=O)NC3(CCCC3)C2=O)C[C@H]1n1cnc2c(N)nc(N)nc21. The highest BCUT2D eigenvalue weighted by Gasteiger charge is 2.52. The number of amides is 4. The Bertz CT molecular complexity index is 1240. The largest absolute Gasteiger partial charge is 0.391 e. The average molecular weight is 516 g/mol. The number of urea groups is 1. The summed E-state index contributed by atoms with van der Waals surface area (Å²) >= 11 is 0. The van der Waals surface area contributed by atoms with Crippen molar-refractivity contribution in [1.82, 2.24) is 34.6 Å². The van der Waals surface area contributed by atoms with Crippen LogP contribution in [0, 0.1) is 0 Å². The van der Waals surface area contributed by atoms with Gasteiger partial charge in [-0.1, -0.05) is 12.8 Å². The molecule has 2 aliphatic heterocycles. The van der Waals surface area contributed by atoms with Crippen molar-refractivity contribution in [3.05, 3.63) is 6.33 Å². The van der Waals surface area contributed by atoms with Crippen molar-refractivity contribution in [2.75, 3.05) is 31.1 Å². The second-order valence-corrected chi connectivity index (χ2v) is 10.6. The molecule has 4 heterocycles. The van der Waals surface area contributed by atoms with Gasteiger partial charge in [0, 0.05) is 32.5 Å². The van der Waals surface area contributed by atoms with Gasteiger partial charge < -0.3 is 36.5 Å². The summed E-state index contributed by atoms with van der Waals surface area (Å²) in [5.74, 6) is -0.422. The molecule has 14 heteroatoms. The van der Waals surface area contributed by atoms with Crippen LogP contribution < -0.4 is 16.8 Å². The van der Waals surface area contributed by atoms with Crippen LogP contribution in [0.1, 0.15) is 57.9 Å². The molecule has 5 rings (SSSR count). The highest BCUT2D eigenvalue weighted by molar-refractivity contribution is 6.07. The number of hydrogen-bond acceptors (Lipinski definition) is 10. The van der Waals surface area contributed by atoms with Gasteiger partial charge in [-0.05, 0) is 26.2 Å². The van der Waals surface area contributed by atoms with Crippen LogP contribution in [0.3, 0.4) is 0 Å². The number of carbonyl (C=O) groups is 3. The second kappa shape index (κ2) is 9.10. The monoisotopic (exact) mass is 515 g/mol. The van der Waals surface area contributed by atoms with E-state index in [9.17, 15) is 24.6 Å². The Morgan fingerprint density at radius 3 is 2.68 bits per heavy atom. The normalized spacial score (nSPS) is 27.8. The van der Waals surface area contributed by atoms with Crippen LogP contribution in [0.5, 0.6) is 0 Å². The zero-order valence-corrected chi connectivity index (χ0v) is 20.8. The van der Waals surface area contributed by atoms with E-state index in [0.29, 0.717) is 24.0 Å². The molecule has 4 amide bonds. The van der Waals surface area contributed by atoms with Crippen LogP contribution in [0.15, 0.2) is 6.33 Å². The fourth-order valence-corrected chi connectivity index (χ4v) is 5.93. The summed E-state index contributed by atoms with van der Waals surface area (Å²) in [6, 6.07) is -1.12. The maximum atomic E-state index is 13.2. The Balaban J connectivity index is 1.30. The van der Waals surface area contributed by atoms with Gasteiger partial charge in [0.05, 0.1) is 24.1 Å². The van der Waals surface area contributed by atoms with Crippen molar-refractivity contribution in [1.29, 1.82) is 0 Å². The van der Waals surface area contributed by atoms with Gasteiger partial charge in [0.25, 0.3) is 5.91 Å². The first-order valence-corrected chi connectivity index (χ1v) is 12.6. The van der Waals surface area contributed by atoms with Crippen molar-refractivity contribution in [2.45, 2.75) is 75.2 Å². The molecule has 7 N–H and O–H groups in total. The Labute approximate surface area is 213 Å². The third-order valence-corrected chi connectivity index (χ3v) is 7.82. The van der Waals surface area contributed by atoms with Crippen molar-refractivity contribution in [2.24, 2.45) is 0 Å². The summed E-state index contributed by atoms with van der Waals surface area (Å²) in [6.45, 7) is 1.83. The number of anilines is 2. The van der Waals surface area contributed by atoms with Crippen LogP contribution in [0.4, 0.5) is 16.6 Å². The van der Waals surface area contributed by atoms with Crippen LogP contribution in [-0.4, -0.2) is 94.3 Å². The topological polar surface area (TPSA) is 206 Å². The molecule has 1 saturated carbocycles. The van der Waals surface area contributed by atoms with Gasteiger partial charge in [0.1, 0.15) is 11.1 Å². The summed E-state index contributed by atoms with van der Waals surface area (Å²) in [7, 11) is 0. The number of aliphatic hydroxyl groups excluding tert-OH is 1. The molecule has 1 spiro atoms. The molecule has 0 radical (unpaired) electrons. The summed E-state index contributed by atoms with van der Waals surface area (Å²) in [5.41, 5.74) is 10.2. The molecule has 200 valence electrons. The molecule has 0 aromatic carbocycles. The lowest BCUT2D eigenvalue weighted by Gasteiger charge is -2.34. The lowest BCUT2D eigenvalue weighted by Crippen LogP contribution is -2.44. The fourth-order valence-electron chi connectivity index (χ4n) is 5.93. The van der Waals surface area contributed by atoms with E-state index >= 15 is 0 Å². The molecule has 2 saturated heterocycles. The number of likely N-dealkylation sites (tertiary alicyclic amines) is 1. The smallest absolute Gasteiger partial charge is 0.325 e. The maximum absolute atomic E-state index is 13.2. The van der Waals surface area contributed by atoms with Gasteiger partial charge >= 0.3 is 6.03 Å². The van der Waals surface area contributed by atoms with Gasteiger partial charge in [0.15, 0.2) is 11.5 Å². The number of aromatic nitrogens is 4. The van der Waals surface area contributed by atoms with E-state index < -0.39 is 29.3 Å². The number of β-amino-alcohol motifs (C(OH)–C–C–N with tert-alkyl or cyclic N) is 1. The van der Waals surface area contributed by atoms with Gasteiger partial charge in [-0.3, -0.25) is 14.5 Å². The number of nitrogens with zero attached hydrogens (tertiary/aromatic N) is 6. The summed E-state index contributed by atoms with van der Waals surface area (Å²) in [4.78, 5) is 53.6. The third kappa shape index (κ3) is 4.44. The minimum Gasteiger partial charge on any atom is -0.391 e. The van der Waals surface area contributed by atoms with E-state index in [1.165, 1.54) is 16.1 Å². The van der Waals surface area contributed by atoms with Crippen LogP contribution in [0.2, 0.25) is 0 Å². The summed E-state index contributed by atoms with van der Waals surface area (Å²) < 4.78 is 1.61. The molecular weight excluding hydrogens is 482 g/mol. The molecule has 3 fully saturated rings. The first-order valence-electron chi connectivity index (χ1n) is 12.6. The highest BCUT2D eigenvalue weighted by atomic mass is 16.3. The number of nitrogens with two attached hydrogens (primary N) is 2. The number of hydrogen-bond donors (Lipinski definition) is 5. The van der Waals surface area contributed by atoms with Crippen LogP contribution in [0.25, 0.3) is 11.2 Å². The van der Waals surface area contributed by atoms with Crippen molar-refractivity contribution in [3.63, 3.8) is 0 Å². The quantitative estimate of drug-likeness (QED) is 0.323. The Morgan fingerprint density at radius 2 is 1.95 bits per heavy atom. The first-order chi connectivity index (χ1) is 17.5. The number of nitrogen functional groups attached to an aromatic ring is 2. The Kier molecular flexibility index (Phi) is 6.18. The lowest BCUT2D eigenvalue weighted by atomic mass is 9.91. The number of rotatable bonds is 5. The molecule has 2 aromatic heterocycles. The van der Waals surface area contributed by atoms with Gasteiger partial charge in [-0.15, -0.1) is 0 Å². The van der Waals surface area contributed by atoms with Crippen molar-refractivity contribution in [3.8, 4) is 0 Å². The van der Waals surface area contributed by atoms with E-state index in [1.807, 2.05) is 0 Å². The predicted octanol–water partition coefficient (Wildman–Crippen LogP) is -0.479. The van der Waals surface area contributed by atoms with E-state index in [0.717, 1.165) is 12.8 Å². The summed E-state index contributed by atoms with van der Waals surface area (Å²) in [6.07, 6.45) is 3.96. The number of imide groups is 1. The average Bonchev–Trinajstić information content (AvgIpc) is 3.49. The highest BCUT2D eigenvalue weighted by Crippen LogP contribution is 2.36. The minimum absolute atomic E-state index is 0.0156. The number of fused-ring (bicyclic) bond motifs is 1. The summed E-state index contributed by atoms with van der Waals surface area (Å²) in [5, 5.41) is 24.7. The molecule has 1 aliphatic carbocycles. The molecule has 3 atom stereocenters. The maximum Gasteiger partial charge on any atom is 0.325 e.